The second kappa shape index (κ2) is 7.56. The van der Waals surface area contributed by atoms with E-state index >= 15 is 0 Å². The number of aryl methyl sites for hydroxylation is 2. The highest BCUT2D eigenvalue weighted by Gasteiger charge is 2.25. The van der Waals surface area contributed by atoms with Gasteiger partial charge in [0.15, 0.2) is 5.82 Å². The Morgan fingerprint density at radius 1 is 1.40 bits per heavy atom. The van der Waals surface area contributed by atoms with E-state index in [4.69, 9.17) is 9.26 Å². The van der Waals surface area contributed by atoms with E-state index in [2.05, 4.69) is 25.4 Å². The number of ether oxygens (including phenoxy) is 1. The zero-order valence-corrected chi connectivity index (χ0v) is 14.7. The lowest BCUT2D eigenvalue weighted by molar-refractivity contribution is -0.136. The second-order valence-electron chi connectivity index (χ2n) is 5.86. The molecule has 9 heteroatoms. The molecule has 0 spiro atoms. The third-order valence-electron chi connectivity index (χ3n) is 3.94. The van der Waals surface area contributed by atoms with Crippen molar-refractivity contribution in [2.24, 2.45) is 0 Å². The number of morpholine rings is 1. The van der Waals surface area contributed by atoms with Crippen LogP contribution < -0.4 is 5.32 Å². The fraction of sp³-hybridized carbons (Fsp3) is 0.562. The molecular weight excluding hydrogens is 324 g/mol. The number of anilines is 1. The maximum absolute atomic E-state index is 11.6. The molecule has 0 aromatic carbocycles. The second-order valence-corrected chi connectivity index (χ2v) is 5.86. The molecule has 1 N–H and O–H groups in total. The minimum absolute atomic E-state index is 0.0428. The zero-order valence-electron chi connectivity index (χ0n) is 14.7. The quantitative estimate of drug-likeness (QED) is 0.862. The van der Waals surface area contributed by atoms with E-state index < -0.39 is 0 Å². The molecule has 1 saturated heterocycles. The lowest BCUT2D eigenvalue weighted by atomic mass is 10.2. The van der Waals surface area contributed by atoms with Crippen LogP contribution in [0.2, 0.25) is 0 Å². The van der Waals surface area contributed by atoms with Crippen LogP contribution in [-0.2, 0) is 22.5 Å². The van der Waals surface area contributed by atoms with Crippen LogP contribution >= 0.6 is 0 Å². The first-order valence-electron chi connectivity index (χ1n) is 8.33. The number of amides is 1. The fourth-order valence-electron chi connectivity index (χ4n) is 2.64. The summed E-state index contributed by atoms with van der Waals surface area (Å²) in [6, 6.07) is 1.84. The van der Waals surface area contributed by atoms with Crippen LogP contribution in [0.15, 0.2) is 10.6 Å². The first kappa shape index (κ1) is 17.3. The van der Waals surface area contributed by atoms with Crippen LogP contribution in [0.4, 0.5) is 5.82 Å². The van der Waals surface area contributed by atoms with Gasteiger partial charge < -0.3 is 19.5 Å². The number of nitrogens with one attached hydrogen (secondary N) is 1. The van der Waals surface area contributed by atoms with Crippen molar-refractivity contribution in [3.05, 3.63) is 29.3 Å². The van der Waals surface area contributed by atoms with Gasteiger partial charge in [0.2, 0.25) is 11.8 Å². The van der Waals surface area contributed by atoms with E-state index in [0.29, 0.717) is 56.0 Å². The van der Waals surface area contributed by atoms with Crippen molar-refractivity contribution in [2.75, 3.05) is 25.0 Å². The Kier molecular flexibility index (Phi) is 5.22. The third-order valence-corrected chi connectivity index (χ3v) is 3.94. The summed E-state index contributed by atoms with van der Waals surface area (Å²) in [6.45, 7) is 7.36. The highest BCUT2D eigenvalue weighted by molar-refractivity contribution is 5.73. The average Bonchev–Trinajstić information content (AvgIpc) is 3.08. The van der Waals surface area contributed by atoms with Crippen LogP contribution in [0.25, 0.3) is 0 Å². The summed E-state index contributed by atoms with van der Waals surface area (Å²) in [5.74, 6) is 2.52. The SMILES string of the molecule is CCc1nc(CNc2cc([C@H]3CN(C(C)=O)CCO3)nc(C)n2)no1. The highest BCUT2D eigenvalue weighted by Crippen LogP contribution is 2.22. The normalized spacial score (nSPS) is 17.6. The summed E-state index contributed by atoms with van der Waals surface area (Å²) in [7, 11) is 0. The van der Waals surface area contributed by atoms with Crippen LogP contribution in [0, 0.1) is 6.92 Å². The largest absolute Gasteiger partial charge is 0.368 e. The molecule has 0 bridgehead atoms. The number of hydrogen-bond acceptors (Lipinski definition) is 8. The Balaban J connectivity index is 1.70. The van der Waals surface area contributed by atoms with Crippen LogP contribution in [0.3, 0.4) is 0 Å². The van der Waals surface area contributed by atoms with E-state index in [1.54, 1.807) is 11.8 Å². The molecule has 2 aromatic heterocycles. The molecule has 0 saturated carbocycles. The molecule has 0 unspecified atom stereocenters. The molecule has 3 rings (SSSR count). The Morgan fingerprint density at radius 3 is 2.96 bits per heavy atom. The van der Waals surface area contributed by atoms with E-state index in [1.807, 2.05) is 19.9 Å². The lowest BCUT2D eigenvalue weighted by Crippen LogP contribution is -2.41. The first-order valence-corrected chi connectivity index (χ1v) is 8.33. The van der Waals surface area contributed by atoms with E-state index in [-0.39, 0.29) is 12.0 Å². The number of nitrogens with zero attached hydrogens (tertiary/aromatic N) is 5. The molecule has 1 aliphatic rings. The number of hydrogen-bond donors (Lipinski definition) is 1. The maximum atomic E-state index is 11.6. The van der Waals surface area contributed by atoms with Gasteiger partial charge in [-0.25, -0.2) is 9.97 Å². The van der Waals surface area contributed by atoms with Gasteiger partial charge in [-0.2, -0.15) is 4.98 Å². The van der Waals surface area contributed by atoms with Crippen LogP contribution in [-0.4, -0.2) is 50.6 Å². The maximum Gasteiger partial charge on any atom is 0.226 e. The van der Waals surface area contributed by atoms with Crippen molar-refractivity contribution in [1.82, 2.24) is 25.0 Å². The molecule has 1 atom stereocenters. The standard InChI is InChI=1S/C16H22N6O3/c1-4-16-20-15(21-25-16)8-17-14-7-12(18-10(2)19-14)13-9-22(11(3)23)5-6-24-13/h7,13H,4-6,8-9H2,1-3H3,(H,17,18,19)/t13-/m1/s1. The molecule has 0 aliphatic carbocycles. The number of carbonyl (C=O) groups excluding carboxylic acids is 1. The molecular formula is C16H22N6O3. The van der Waals surface area contributed by atoms with Gasteiger partial charge in [-0.1, -0.05) is 12.1 Å². The minimum Gasteiger partial charge on any atom is -0.368 e. The third kappa shape index (κ3) is 4.30. The van der Waals surface area contributed by atoms with Gasteiger partial charge in [0.05, 0.1) is 25.4 Å². The van der Waals surface area contributed by atoms with Crippen LogP contribution in [0.5, 0.6) is 0 Å². The van der Waals surface area contributed by atoms with Gasteiger partial charge in [-0.3, -0.25) is 4.79 Å². The first-order chi connectivity index (χ1) is 12.0. The molecule has 134 valence electrons. The van der Waals surface area contributed by atoms with Crippen molar-refractivity contribution >= 4 is 11.7 Å². The highest BCUT2D eigenvalue weighted by atomic mass is 16.5. The Morgan fingerprint density at radius 2 is 2.24 bits per heavy atom. The number of carbonyl (C=O) groups is 1. The Hall–Kier alpha value is -2.55. The van der Waals surface area contributed by atoms with Gasteiger partial charge in [0, 0.05) is 26.0 Å². The van der Waals surface area contributed by atoms with Crippen molar-refractivity contribution in [1.29, 1.82) is 0 Å². The average molecular weight is 346 g/mol. The van der Waals surface area contributed by atoms with Gasteiger partial charge in [-0.15, -0.1) is 0 Å². The molecule has 25 heavy (non-hydrogen) atoms. The molecule has 0 radical (unpaired) electrons. The molecule has 1 aliphatic heterocycles. The summed E-state index contributed by atoms with van der Waals surface area (Å²) in [5, 5.41) is 7.09. The van der Waals surface area contributed by atoms with Crippen molar-refractivity contribution in [3.8, 4) is 0 Å². The van der Waals surface area contributed by atoms with Crippen molar-refractivity contribution in [3.63, 3.8) is 0 Å². The number of aromatic nitrogens is 4. The Labute approximate surface area is 145 Å². The molecule has 1 fully saturated rings. The smallest absolute Gasteiger partial charge is 0.226 e. The van der Waals surface area contributed by atoms with Gasteiger partial charge in [0.1, 0.15) is 17.7 Å². The summed E-state index contributed by atoms with van der Waals surface area (Å²) in [4.78, 5) is 26.5. The summed E-state index contributed by atoms with van der Waals surface area (Å²) in [5.41, 5.74) is 0.753. The zero-order chi connectivity index (χ0) is 17.8. The molecule has 1 amide bonds. The predicted molar refractivity (Wildman–Crippen MR) is 88.7 cm³/mol. The summed E-state index contributed by atoms with van der Waals surface area (Å²) >= 11 is 0. The topological polar surface area (TPSA) is 106 Å². The summed E-state index contributed by atoms with van der Waals surface area (Å²) in [6.07, 6.45) is 0.451. The predicted octanol–water partition coefficient (Wildman–Crippen LogP) is 1.26. The lowest BCUT2D eigenvalue weighted by Gasteiger charge is -2.32. The van der Waals surface area contributed by atoms with Gasteiger partial charge in [-0.05, 0) is 6.92 Å². The molecule has 9 nitrogen and oxygen atoms in total. The van der Waals surface area contributed by atoms with E-state index in [0.717, 1.165) is 5.69 Å². The minimum atomic E-state index is -0.253. The van der Waals surface area contributed by atoms with E-state index in [1.165, 1.54) is 0 Å². The Bertz CT molecular complexity index is 747. The number of rotatable bonds is 5. The van der Waals surface area contributed by atoms with Gasteiger partial charge in [0.25, 0.3) is 0 Å². The molecule has 2 aromatic rings. The van der Waals surface area contributed by atoms with Crippen molar-refractivity contribution < 1.29 is 14.1 Å². The summed E-state index contributed by atoms with van der Waals surface area (Å²) < 4.78 is 10.9. The monoisotopic (exact) mass is 346 g/mol. The van der Waals surface area contributed by atoms with E-state index in [9.17, 15) is 4.79 Å². The van der Waals surface area contributed by atoms with Crippen LogP contribution in [0.1, 0.15) is 43.2 Å². The fourth-order valence-corrected chi connectivity index (χ4v) is 2.64. The molecule has 3 heterocycles. The van der Waals surface area contributed by atoms with Crippen molar-refractivity contribution in [2.45, 2.75) is 39.8 Å². The van der Waals surface area contributed by atoms with Gasteiger partial charge >= 0.3 is 0 Å².